The van der Waals surface area contributed by atoms with Crippen LogP contribution in [0.1, 0.15) is 30.4 Å². The summed E-state index contributed by atoms with van der Waals surface area (Å²) in [7, 11) is 0. The van der Waals surface area contributed by atoms with Crippen molar-refractivity contribution in [2.45, 2.75) is 32.8 Å². The zero-order chi connectivity index (χ0) is 20.0. The third-order valence-corrected chi connectivity index (χ3v) is 3.96. The van der Waals surface area contributed by atoms with E-state index in [1.54, 1.807) is 0 Å². The van der Waals surface area contributed by atoms with Crippen LogP contribution < -0.4 is 15.4 Å². The summed E-state index contributed by atoms with van der Waals surface area (Å²) >= 11 is 0. The molecule has 0 spiro atoms. The van der Waals surface area contributed by atoms with E-state index < -0.39 is 6.09 Å². The zero-order valence-electron chi connectivity index (χ0n) is 16.3. The fourth-order valence-electron chi connectivity index (χ4n) is 2.50. The Kier molecular flexibility index (Phi) is 9.41. The van der Waals surface area contributed by atoms with Gasteiger partial charge in [-0.2, -0.15) is 0 Å². The van der Waals surface area contributed by atoms with Gasteiger partial charge < -0.3 is 20.1 Å². The SMILES string of the molecule is Cc1cccc(OCCCNC(=O)CCCNC(=O)OCc2ccccc2)c1. The number of hydrogen-bond donors (Lipinski definition) is 2. The molecule has 0 saturated heterocycles. The number of ether oxygens (including phenoxy) is 2. The maximum atomic E-state index is 11.8. The van der Waals surface area contributed by atoms with Crippen LogP contribution in [0, 0.1) is 6.92 Å². The van der Waals surface area contributed by atoms with E-state index in [1.165, 1.54) is 0 Å². The molecule has 28 heavy (non-hydrogen) atoms. The Labute approximate surface area is 166 Å². The number of carbonyl (C=O) groups is 2. The number of rotatable bonds is 11. The summed E-state index contributed by atoms with van der Waals surface area (Å²) < 4.78 is 10.7. The highest BCUT2D eigenvalue weighted by molar-refractivity contribution is 5.75. The molecule has 2 N–H and O–H groups in total. The predicted octanol–water partition coefficient (Wildman–Crippen LogP) is 3.59. The van der Waals surface area contributed by atoms with Crippen molar-refractivity contribution in [2.75, 3.05) is 19.7 Å². The Bertz CT molecular complexity index is 734. The molecule has 0 aliphatic heterocycles. The molecule has 0 aromatic heterocycles. The fraction of sp³-hybridized carbons (Fsp3) is 0.364. The van der Waals surface area contributed by atoms with E-state index in [9.17, 15) is 9.59 Å². The molecular formula is C22H28N2O4. The van der Waals surface area contributed by atoms with E-state index in [4.69, 9.17) is 9.47 Å². The molecule has 150 valence electrons. The van der Waals surface area contributed by atoms with Crippen molar-refractivity contribution in [1.82, 2.24) is 10.6 Å². The van der Waals surface area contributed by atoms with Gasteiger partial charge in [-0.25, -0.2) is 4.79 Å². The minimum atomic E-state index is -0.474. The minimum absolute atomic E-state index is 0.0324. The van der Waals surface area contributed by atoms with E-state index in [0.29, 0.717) is 32.5 Å². The van der Waals surface area contributed by atoms with Gasteiger partial charge in [-0.3, -0.25) is 4.79 Å². The third-order valence-electron chi connectivity index (χ3n) is 3.96. The number of amides is 2. The molecule has 6 nitrogen and oxygen atoms in total. The average Bonchev–Trinajstić information content (AvgIpc) is 2.70. The Balaban J connectivity index is 1.44. The van der Waals surface area contributed by atoms with Crippen molar-refractivity contribution < 1.29 is 19.1 Å². The first-order valence-corrected chi connectivity index (χ1v) is 9.54. The second-order valence-corrected chi connectivity index (χ2v) is 6.46. The lowest BCUT2D eigenvalue weighted by Crippen LogP contribution is -2.28. The molecular weight excluding hydrogens is 356 g/mol. The quantitative estimate of drug-likeness (QED) is 0.581. The minimum Gasteiger partial charge on any atom is -0.494 e. The number of benzene rings is 2. The van der Waals surface area contributed by atoms with Crippen LogP contribution in [-0.2, 0) is 16.1 Å². The number of carbonyl (C=O) groups excluding carboxylic acids is 2. The summed E-state index contributed by atoms with van der Waals surface area (Å²) in [6, 6.07) is 17.4. The normalized spacial score (nSPS) is 10.2. The molecule has 0 atom stereocenters. The Morgan fingerprint density at radius 1 is 0.929 bits per heavy atom. The molecule has 0 aliphatic carbocycles. The molecule has 0 unspecified atom stereocenters. The number of nitrogens with one attached hydrogen (secondary N) is 2. The fourth-order valence-corrected chi connectivity index (χ4v) is 2.50. The topological polar surface area (TPSA) is 76.7 Å². The molecule has 0 aliphatic rings. The predicted molar refractivity (Wildman–Crippen MR) is 108 cm³/mol. The van der Waals surface area contributed by atoms with Crippen LogP contribution in [-0.4, -0.2) is 31.7 Å². The first-order chi connectivity index (χ1) is 13.6. The van der Waals surface area contributed by atoms with Gasteiger partial charge in [0, 0.05) is 19.5 Å². The number of aryl methyl sites for hydroxylation is 1. The van der Waals surface area contributed by atoms with Gasteiger partial charge in [0.05, 0.1) is 6.61 Å². The average molecular weight is 384 g/mol. The van der Waals surface area contributed by atoms with Crippen LogP contribution in [0.3, 0.4) is 0 Å². The van der Waals surface area contributed by atoms with Gasteiger partial charge in [-0.05, 0) is 43.0 Å². The van der Waals surface area contributed by atoms with Gasteiger partial charge in [-0.1, -0.05) is 42.5 Å². The van der Waals surface area contributed by atoms with E-state index in [-0.39, 0.29) is 12.5 Å². The standard InChI is InChI=1S/C22H28N2O4/c1-18-8-5-11-20(16-18)27-15-7-14-23-21(25)12-6-13-24-22(26)28-17-19-9-3-2-4-10-19/h2-5,8-11,16H,6-7,12-15,17H2,1H3,(H,23,25)(H,24,26). The smallest absolute Gasteiger partial charge is 0.407 e. The molecule has 2 amide bonds. The summed E-state index contributed by atoms with van der Waals surface area (Å²) in [5.41, 5.74) is 2.09. The molecule has 0 bridgehead atoms. The van der Waals surface area contributed by atoms with Crippen molar-refractivity contribution in [2.24, 2.45) is 0 Å². The van der Waals surface area contributed by atoms with Crippen molar-refractivity contribution in [3.63, 3.8) is 0 Å². The van der Waals surface area contributed by atoms with Gasteiger partial charge in [-0.15, -0.1) is 0 Å². The molecule has 6 heteroatoms. The Morgan fingerprint density at radius 2 is 1.71 bits per heavy atom. The lowest BCUT2D eigenvalue weighted by molar-refractivity contribution is -0.121. The number of hydrogen-bond acceptors (Lipinski definition) is 4. The first-order valence-electron chi connectivity index (χ1n) is 9.54. The van der Waals surface area contributed by atoms with Gasteiger partial charge in [0.15, 0.2) is 0 Å². The van der Waals surface area contributed by atoms with E-state index in [2.05, 4.69) is 10.6 Å². The maximum Gasteiger partial charge on any atom is 0.407 e. The summed E-state index contributed by atoms with van der Waals surface area (Å²) in [4.78, 5) is 23.4. The van der Waals surface area contributed by atoms with Gasteiger partial charge >= 0.3 is 6.09 Å². The molecule has 2 aromatic rings. The number of alkyl carbamates (subject to hydrolysis) is 1. The van der Waals surface area contributed by atoms with Crippen molar-refractivity contribution >= 4 is 12.0 Å². The second-order valence-electron chi connectivity index (χ2n) is 6.46. The first kappa shape index (κ1) is 21.3. The molecule has 0 fully saturated rings. The van der Waals surface area contributed by atoms with Crippen molar-refractivity contribution in [1.29, 1.82) is 0 Å². The van der Waals surface area contributed by atoms with Crippen LogP contribution in [0.5, 0.6) is 5.75 Å². The Hall–Kier alpha value is -3.02. The van der Waals surface area contributed by atoms with Crippen LogP contribution in [0.2, 0.25) is 0 Å². The highest BCUT2D eigenvalue weighted by Crippen LogP contribution is 2.12. The highest BCUT2D eigenvalue weighted by atomic mass is 16.5. The van der Waals surface area contributed by atoms with Crippen molar-refractivity contribution in [3.05, 3.63) is 65.7 Å². The monoisotopic (exact) mass is 384 g/mol. The lowest BCUT2D eigenvalue weighted by Gasteiger charge is -2.09. The van der Waals surface area contributed by atoms with Crippen LogP contribution in [0.25, 0.3) is 0 Å². The van der Waals surface area contributed by atoms with Crippen LogP contribution >= 0.6 is 0 Å². The molecule has 2 aromatic carbocycles. The summed E-state index contributed by atoms with van der Waals surface area (Å²) in [6.07, 6.45) is 1.19. The van der Waals surface area contributed by atoms with Crippen LogP contribution in [0.15, 0.2) is 54.6 Å². The van der Waals surface area contributed by atoms with E-state index >= 15 is 0 Å². The summed E-state index contributed by atoms with van der Waals surface area (Å²) in [5.74, 6) is 0.812. The molecule has 2 rings (SSSR count). The van der Waals surface area contributed by atoms with Crippen LogP contribution in [0.4, 0.5) is 4.79 Å². The second kappa shape index (κ2) is 12.4. The Morgan fingerprint density at radius 3 is 2.50 bits per heavy atom. The molecule has 0 saturated carbocycles. The summed E-state index contributed by atoms with van der Waals surface area (Å²) in [5, 5.41) is 5.50. The lowest BCUT2D eigenvalue weighted by atomic mass is 10.2. The largest absolute Gasteiger partial charge is 0.494 e. The maximum absolute atomic E-state index is 11.8. The van der Waals surface area contributed by atoms with E-state index in [0.717, 1.165) is 23.3 Å². The van der Waals surface area contributed by atoms with Gasteiger partial charge in [0.1, 0.15) is 12.4 Å². The summed E-state index contributed by atoms with van der Waals surface area (Å²) in [6.45, 7) is 3.77. The van der Waals surface area contributed by atoms with Crippen molar-refractivity contribution in [3.8, 4) is 5.75 Å². The van der Waals surface area contributed by atoms with Gasteiger partial charge in [0.25, 0.3) is 0 Å². The molecule has 0 heterocycles. The van der Waals surface area contributed by atoms with E-state index in [1.807, 2.05) is 61.5 Å². The third kappa shape index (κ3) is 9.07. The highest BCUT2D eigenvalue weighted by Gasteiger charge is 2.04. The molecule has 0 radical (unpaired) electrons. The zero-order valence-corrected chi connectivity index (χ0v) is 16.3. The van der Waals surface area contributed by atoms with Gasteiger partial charge in [0.2, 0.25) is 5.91 Å².